The fourth-order valence-corrected chi connectivity index (χ4v) is 11.8. The number of hydrogen-bond acceptors (Lipinski definition) is 8. The van der Waals surface area contributed by atoms with Crippen LogP contribution in [0.3, 0.4) is 0 Å². The largest absolute Gasteiger partial charge is 0.545 e. The minimum Gasteiger partial charge on any atom is -0.545 e. The van der Waals surface area contributed by atoms with Crippen LogP contribution in [0.25, 0.3) is 0 Å². The van der Waals surface area contributed by atoms with Crippen molar-refractivity contribution in [1.82, 2.24) is 0 Å². The van der Waals surface area contributed by atoms with Gasteiger partial charge in [0.25, 0.3) is 0 Å². The normalized spacial score (nSPS) is 13.3. The number of carbonyl (C=O) groups is 3. The van der Waals surface area contributed by atoms with Gasteiger partial charge in [0.05, 0.1) is 40.3 Å². The number of unbranched alkanes of at least 4 members (excludes halogenated alkanes) is 40. The smallest absolute Gasteiger partial charge is 0.306 e. The highest BCUT2D eigenvalue weighted by molar-refractivity contribution is 5.70. The standard InChI is InChI=1S/C91H157NO8/c1-6-8-10-12-14-16-18-20-22-24-26-28-30-32-34-36-38-40-42-44-45-46-48-50-52-54-56-58-60-62-64-66-68-70-72-74-76-78-80-82-89(94)100-87(86-99-91(90(95)96)97-84-83-92(3,4)5)85-98-88(93)81-79-77-75-73-71-69-67-65-63-61-59-57-55-53-51-49-47-43-41-39-37-35-33-31-29-27-25-23-21-19-17-15-13-11-9-7-2/h8,10,14,16,20,22,26,28,32,34,38,40,44-45,48,50,54,56,60,62,66,68,87,91H,6-7,9,11-13,15,17-19,21,23-25,27,29-31,33,35-37,39,41-43,46-47,49,51-53,55,57-59,61,63-65,67,69-86H2,1-5H3/b10-8-,16-14-,22-20-,28-26-,34-32-,40-38-,45-44-,50-48-,56-54-,62-60-,68-66-. The van der Waals surface area contributed by atoms with Crippen LogP contribution in [0.2, 0.25) is 0 Å². The molecule has 0 aromatic carbocycles. The van der Waals surface area contributed by atoms with Crippen LogP contribution < -0.4 is 5.11 Å². The van der Waals surface area contributed by atoms with Gasteiger partial charge in [-0.2, -0.15) is 0 Å². The van der Waals surface area contributed by atoms with Gasteiger partial charge in [-0.15, -0.1) is 0 Å². The highest BCUT2D eigenvalue weighted by Crippen LogP contribution is 2.19. The number of ether oxygens (including phenoxy) is 4. The summed E-state index contributed by atoms with van der Waals surface area (Å²) in [5, 5.41) is 11.9. The van der Waals surface area contributed by atoms with Crippen LogP contribution in [-0.2, 0) is 33.3 Å². The summed E-state index contributed by atoms with van der Waals surface area (Å²) in [5.41, 5.74) is 0. The summed E-state index contributed by atoms with van der Waals surface area (Å²) in [6.07, 6.45) is 113. The van der Waals surface area contributed by atoms with E-state index in [1.807, 2.05) is 21.1 Å². The first-order chi connectivity index (χ1) is 49.1. The summed E-state index contributed by atoms with van der Waals surface area (Å²) in [6.45, 7) is 4.65. The van der Waals surface area contributed by atoms with E-state index in [0.29, 0.717) is 17.4 Å². The van der Waals surface area contributed by atoms with Crippen molar-refractivity contribution in [2.24, 2.45) is 0 Å². The maximum Gasteiger partial charge on any atom is 0.306 e. The van der Waals surface area contributed by atoms with Gasteiger partial charge < -0.3 is 33.3 Å². The third-order valence-electron chi connectivity index (χ3n) is 18.2. The molecule has 0 aliphatic rings. The number of rotatable bonds is 77. The minimum absolute atomic E-state index is 0.139. The van der Waals surface area contributed by atoms with Crippen molar-refractivity contribution in [1.29, 1.82) is 0 Å². The monoisotopic (exact) mass is 1390 g/mol. The lowest BCUT2D eigenvalue weighted by Gasteiger charge is -2.26. The molecule has 2 unspecified atom stereocenters. The van der Waals surface area contributed by atoms with E-state index < -0.39 is 24.3 Å². The van der Waals surface area contributed by atoms with E-state index in [-0.39, 0.29) is 38.6 Å². The molecular formula is C91H157NO8. The first-order valence-corrected chi connectivity index (χ1v) is 41.8. The van der Waals surface area contributed by atoms with Crippen LogP contribution in [-0.4, -0.2) is 82.3 Å². The Morgan fingerprint density at radius 3 is 0.850 bits per heavy atom. The quantitative estimate of drug-likeness (QED) is 0.0195. The average Bonchev–Trinajstić information content (AvgIpc) is 1.08. The van der Waals surface area contributed by atoms with Crippen LogP contribution in [0.5, 0.6) is 0 Å². The molecule has 0 aliphatic heterocycles. The zero-order valence-electron chi connectivity index (χ0n) is 65.8. The first kappa shape index (κ1) is 95.4. The van der Waals surface area contributed by atoms with E-state index in [4.69, 9.17) is 18.9 Å². The Labute approximate surface area is 618 Å². The minimum atomic E-state index is -1.64. The molecule has 100 heavy (non-hydrogen) atoms. The average molecular weight is 1390 g/mol. The number of carbonyl (C=O) groups excluding carboxylic acids is 3. The fraction of sp³-hybridized carbons (Fsp3) is 0.725. The molecule has 0 aromatic rings. The summed E-state index contributed by atoms with van der Waals surface area (Å²) in [5.74, 6) is -2.30. The molecule has 9 nitrogen and oxygen atoms in total. The predicted octanol–water partition coefficient (Wildman–Crippen LogP) is 25.9. The zero-order valence-corrected chi connectivity index (χ0v) is 65.8. The zero-order chi connectivity index (χ0) is 72.5. The molecule has 0 aliphatic carbocycles. The molecule has 0 radical (unpaired) electrons. The molecule has 0 bridgehead atoms. The van der Waals surface area contributed by atoms with Crippen molar-refractivity contribution >= 4 is 17.9 Å². The predicted molar refractivity (Wildman–Crippen MR) is 430 cm³/mol. The molecule has 0 saturated heterocycles. The molecule has 0 N–H and O–H groups in total. The maximum atomic E-state index is 13.0. The summed E-state index contributed by atoms with van der Waals surface area (Å²) in [6, 6.07) is 0. The second kappa shape index (κ2) is 80.1. The van der Waals surface area contributed by atoms with Crippen molar-refractivity contribution in [2.75, 3.05) is 47.5 Å². The number of nitrogens with zero attached hydrogens (tertiary/aromatic N) is 1. The summed E-state index contributed by atoms with van der Waals surface area (Å²) in [7, 11) is 5.93. The molecule has 0 saturated carbocycles. The lowest BCUT2D eigenvalue weighted by Crippen LogP contribution is -2.44. The molecule has 0 heterocycles. The van der Waals surface area contributed by atoms with Gasteiger partial charge in [0.15, 0.2) is 12.4 Å². The van der Waals surface area contributed by atoms with Gasteiger partial charge in [0.1, 0.15) is 13.2 Å². The van der Waals surface area contributed by atoms with Gasteiger partial charge in [0, 0.05) is 12.8 Å². The molecule has 0 spiro atoms. The lowest BCUT2D eigenvalue weighted by atomic mass is 10.0. The molecular weight excluding hydrogens is 1230 g/mol. The number of hydrogen-bond donors (Lipinski definition) is 0. The van der Waals surface area contributed by atoms with Crippen molar-refractivity contribution in [3.63, 3.8) is 0 Å². The van der Waals surface area contributed by atoms with Crippen LogP contribution in [0.4, 0.5) is 0 Å². The van der Waals surface area contributed by atoms with Crippen molar-refractivity contribution in [3.05, 3.63) is 134 Å². The number of allylic oxidation sites excluding steroid dienone is 22. The van der Waals surface area contributed by atoms with Crippen LogP contribution in [0.15, 0.2) is 134 Å². The highest BCUT2D eigenvalue weighted by Gasteiger charge is 2.22. The summed E-state index contributed by atoms with van der Waals surface area (Å²) >= 11 is 0. The Hall–Kier alpha value is -4.57. The van der Waals surface area contributed by atoms with Crippen LogP contribution in [0, 0.1) is 0 Å². The number of carboxylic acid groups (broad SMARTS) is 1. The van der Waals surface area contributed by atoms with Crippen LogP contribution >= 0.6 is 0 Å². The number of carboxylic acids is 1. The van der Waals surface area contributed by atoms with Gasteiger partial charge in [-0.1, -0.05) is 392 Å². The van der Waals surface area contributed by atoms with Crippen molar-refractivity contribution in [3.8, 4) is 0 Å². The summed E-state index contributed by atoms with van der Waals surface area (Å²) < 4.78 is 22.8. The number of esters is 2. The Morgan fingerprint density at radius 1 is 0.310 bits per heavy atom. The van der Waals surface area contributed by atoms with E-state index in [1.165, 1.54) is 212 Å². The number of aliphatic carboxylic acids is 1. The SMILES string of the molecule is CC/C=C\C/C=C\C/C=C\C/C=C\C/C=C\C/C=C\C/C=C\C/C=C\C/C=C\C/C=C\C/C=C\CCCCCCCC(=O)OC(COC(=O)CCCCCCCCCCCCCCCCCCCCCCCCCCCCCCCCCCCCCC)COC(OCC[N+](C)(C)C)C(=O)[O-]. The second-order valence-corrected chi connectivity index (χ2v) is 29.0. The Balaban J connectivity index is 4.08. The van der Waals surface area contributed by atoms with Gasteiger partial charge in [-0.25, -0.2) is 0 Å². The van der Waals surface area contributed by atoms with Gasteiger partial charge in [0.2, 0.25) is 0 Å². The molecule has 2 atom stereocenters. The van der Waals surface area contributed by atoms with Crippen LogP contribution in [0.1, 0.15) is 367 Å². The first-order valence-electron chi connectivity index (χ1n) is 41.8. The highest BCUT2D eigenvalue weighted by atomic mass is 16.7. The second-order valence-electron chi connectivity index (χ2n) is 29.0. The van der Waals surface area contributed by atoms with E-state index in [0.717, 1.165) is 122 Å². The van der Waals surface area contributed by atoms with Crippen molar-refractivity contribution < 1.29 is 42.9 Å². The van der Waals surface area contributed by atoms with E-state index in [1.54, 1.807) is 0 Å². The number of quaternary nitrogens is 1. The molecule has 574 valence electrons. The van der Waals surface area contributed by atoms with Gasteiger partial charge >= 0.3 is 11.9 Å². The Bertz CT molecular complexity index is 2120. The third kappa shape index (κ3) is 80.7. The van der Waals surface area contributed by atoms with Gasteiger partial charge in [-0.05, 0) is 96.3 Å². The molecule has 0 aromatic heterocycles. The Kier molecular flexibility index (Phi) is 76.5. The maximum absolute atomic E-state index is 13.0. The van der Waals surface area contributed by atoms with E-state index >= 15 is 0 Å². The molecule has 0 amide bonds. The van der Waals surface area contributed by atoms with Crippen molar-refractivity contribution in [2.45, 2.75) is 379 Å². The molecule has 9 heteroatoms. The topological polar surface area (TPSA) is 111 Å². The third-order valence-corrected chi connectivity index (χ3v) is 18.2. The summed E-state index contributed by atoms with van der Waals surface area (Å²) in [4.78, 5) is 37.6. The molecule has 0 fully saturated rings. The number of likely N-dealkylation sites (N-methyl/N-ethyl adjacent to an activating group) is 1. The molecule has 0 rings (SSSR count). The van der Waals surface area contributed by atoms with E-state index in [2.05, 4.69) is 148 Å². The Morgan fingerprint density at radius 2 is 0.570 bits per heavy atom. The van der Waals surface area contributed by atoms with Gasteiger partial charge in [-0.3, -0.25) is 9.59 Å². The lowest BCUT2D eigenvalue weighted by molar-refractivity contribution is -0.870. The fourth-order valence-electron chi connectivity index (χ4n) is 11.8. The van der Waals surface area contributed by atoms with E-state index in [9.17, 15) is 19.5 Å².